The summed E-state index contributed by atoms with van der Waals surface area (Å²) < 4.78 is 25.1. The fraction of sp³-hybridized carbons (Fsp3) is 0.176. The van der Waals surface area contributed by atoms with Crippen LogP contribution in [0.1, 0.15) is 12.5 Å². The van der Waals surface area contributed by atoms with Crippen LogP contribution in [-0.4, -0.2) is 32.8 Å². The molecule has 0 bridgehead atoms. The first-order valence-electron chi connectivity index (χ1n) is 7.50. The number of nitrogens with one attached hydrogen (secondary N) is 1. The van der Waals surface area contributed by atoms with Crippen LogP contribution >= 0.6 is 23.2 Å². The molecule has 0 saturated heterocycles. The predicted molar refractivity (Wildman–Crippen MR) is 105 cm³/mol. The maximum Gasteiger partial charge on any atom is 0.260 e. The van der Waals surface area contributed by atoms with E-state index in [-0.39, 0.29) is 10.7 Å². The molecule has 0 radical (unpaired) electrons. The molecule has 138 valence electrons. The van der Waals surface area contributed by atoms with Crippen molar-refractivity contribution >= 4 is 50.5 Å². The van der Waals surface area contributed by atoms with E-state index in [1.54, 1.807) is 6.92 Å². The molecule has 26 heavy (non-hydrogen) atoms. The summed E-state index contributed by atoms with van der Waals surface area (Å²) in [6, 6.07) is 13.6. The maximum absolute atomic E-state index is 12.2. The minimum Gasteiger partial charge on any atom is -0.271 e. The molecule has 2 aromatic carbocycles. The number of hydrogen-bond donors (Lipinski definition) is 1. The Hall–Kier alpha value is -2.09. The highest BCUT2D eigenvalue weighted by molar-refractivity contribution is 7.92. The topological polar surface area (TPSA) is 78.8 Å². The second-order valence-corrected chi connectivity index (χ2v) is 8.21. The lowest BCUT2D eigenvalue weighted by atomic mass is 10.1. The third-order valence-electron chi connectivity index (χ3n) is 3.40. The van der Waals surface area contributed by atoms with Crippen molar-refractivity contribution in [2.45, 2.75) is 6.92 Å². The molecule has 0 aromatic heterocycles. The summed E-state index contributed by atoms with van der Waals surface area (Å²) in [5.74, 6) is -0.609. The zero-order valence-corrected chi connectivity index (χ0v) is 16.4. The van der Waals surface area contributed by atoms with Crippen LogP contribution in [0, 0.1) is 0 Å². The molecule has 0 heterocycles. The van der Waals surface area contributed by atoms with E-state index in [0.717, 1.165) is 16.1 Å². The Morgan fingerprint density at radius 2 is 1.81 bits per heavy atom. The van der Waals surface area contributed by atoms with Gasteiger partial charge in [-0.1, -0.05) is 53.5 Å². The first-order valence-corrected chi connectivity index (χ1v) is 10.1. The number of hydrazone groups is 1. The average molecular weight is 414 g/mol. The van der Waals surface area contributed by atoms with Gasteiger partial charge in [-0.2, -0.15) is 5.10 Å². The Morgan fingerprint density at radius 3 is 2.42 bits per heavy atom. The van der Waals surface area contributed by atoms with Gasteiger partial charge in [0.25, 0.3) is 5.91 Å². The van der Waals surface area contributed by atoms with Gasteiger partial charge < -0.3 is 0 Å². The van der Waals surface area contributed by atoms with Crippen LogP contribution in [0.4, 0.5) is 5.69 Å². The monoisotopic (exact) mass is 413 g/mol. The molecular weight excluding hydrogens is 397 g/mol. The van der Waals surface area contributed by atoms with Crippen LogP contribution in [0.25, 0.3) is 0 Å². The quantitative estimate of drug-likeness (QED) is 0.582. The average Bonchev–Trinajstić information content (AvgIpc) is 2.59. The molecule has 0 aliphatic rings. The molecule has 0 spiro atoms. The number of halogens is 2. The van der Waals surface area contributed by atoms with Crippen molar-refractivity contribution in [1.82, 2.24) is 5.43 Å². The van der Waals surface area contributed by atoms with Crippen molar-refractivity contribution in [3.8, 4) is 0 Å². The van der Waals surface area contributed by atoms with Crippen molar-refractivity contribution in [2.24, 2.45) is 5.10 Å². The van der Waals surface area contributed by atoms with Crippen LogP contribution in [0.2, 0.25) is 10.0 Å². The van der Waals surface area contributed by atoms with Crippen molar-refractivity contribution in [1.29, 1.82) is 0 Å². The second kappa shape index (κ2) is 8.53. The van der Waals surface area contributed by atoms with Gasteiger partial charge in [0.1, 0.15) is 6.54 Å². The standard InChI is InChI=1S/C17H17Cl2N3O3S/c1-12(13-6-4-3-5-7-13)20-21-17(23)11-22(26(2,24)25)16-10-14(18)8-9-15(16)19/h3-10H,11H2,1-2H3,(H,21,23)/b20-12-. The largest absolute Gasteiger partial charge is 0.271 e. The lowest BCUT2D eigenvalue weighted by Gasteiger charge is -2.22. The van der Waals surface area contributed by atoms with Gasteiger partial charge in [-0.15, -0.1) is 0 Å². The highest BCUT2D eigenvalue weighted by atomic mass is 35.5. The van der Waals surface area contributed by atoms with Gasteiger partial charge in [0.2, 0.25) is 10.0 Å². The zero-order chi connectivity index (χ0) is 19.3. The zero-order valence-electron chi connectivity index (χ0n) is 14.1. The smallest absolute Gasteiger partial charge is 0.260 e. The van der Waals surface area contributed by atoms with Crippen LogP contribution in [0.5, 0.6) is 0 Å². The molecule has 0 fully saturated rings. The molecule has 0 unspecified atom stereocenters. The van der Waals surface area contributed by atoms with Gasteiger partial charge in [0, 0.05) is 5.02 Å². The molecule has 6 nitrogen and oxygen atoms in total. The number of anilines is 1. The molecule has 2 aromatic rings. The first kappa shape index (κ1) is 20.2. The fourth-order valence-corrected chi connectivity index (χ4v) is 3.41. The predicted octanol–water partition coefficient (Wildman–Crippen LogP) is 3.30. The Kier molecular flexibility index (Phi) is 6.63. The number of benzene rings is 2. The van der Waals surface area contributed by atoms with E-state index < -0.39 is 22.5 Å². The summed E-state index contributed by atoms with van der Waals surface area (Å²) in [6.45, 7) is 1.25. The van der Waals surface area contributed by atoms with E-state index in [2.05, 4.69) is 10.5 Å². The molecule has 2 rings (SSSR count). The van der Waals surface area contributed by atoms with Crippen molar-refractivity contribution in [3.05, 3.63) is 64.1 Å². The SMILES string of the molecule is C/C(=N/NC(=O)CN(c1cc(Cl)ccc1Cl)S(C)(=O)=O)c1ccccc1. The van der Waals surface area contributed by atoms with E-state index in [1.165, 1.54) is 18.2 Å². The van der Waals surface area contributed by atoms with Crippen LogP contribution in [-0.2, 0) is 14.8 Å². The molecule has 1 amide bonds. The minimum absolute atomic E-state index is 0.126. The Morgan fingerprint density at radius 1 is 1.15 bits per heavy atom. The van der Waals surface area contributed by atoms with Crippen LogP contribution in [0.3, 0.4) is 0 Å². The van der Waals surface area contributed by atoms with Crippen molar-refractivity contribution in [2.75, 3.05) is 17.1 Å². The van der Waals surface area contributed by atoms with Crippen molar-refractivity contribution in [3.63, 3.8) is 0 Å². The molecule has 0 aliphatic carbocycles. The summed E-state index contributed by atoms with van der Waals surface area (Å²) in [5, 5.41) is 4.47. The van der Waals surface area contributed by atoms with E-state index in [1.807, 2.05) is 30.3 Å². The number of sulfonamides is 1. The van der Waals surface area contributed by atoms with E-state index >= 15 is 0 Å². The minimum atomic E-state index is -3.76. The van der Waals surface area contributed by atoms with E-state index in [4.69, 9.17) is 23.2 Å². The summed E-state index contributed by atoms with van der Waals surface area (Å²) in [7, 11) is -3.76. The number of carbonyl (C=O) groups is 1. The fourth-order valence-electron chi connectivity index (χ4n) is 2.11. The summed E-state index contributed by atoms with van der Waals surface area (Å²) in [6.07, 6.45) is 0.982. The lowest BCUT2D eigenvalue weighted by molar-refractivity contribution is -0.119. The summed E-state index contributed by atoms with van der Waals surface area (Å²) in [4.78, 5) is 12.2. The number of nitrogens with zero attached hydrogens (tertiary/aromatic N) is 2. The second-order valence-electron chi connectivity index (χ2n) is 5.46. The molecule has 1 N–H and O–H groups in total. The van der Waals surface area contributed by atoms with E-state index in [9.17, 15) is 13.2 Å². The van der Waals surface area contributed by atoms with E-state index in [0.29, 0.717) is 10.7 Å². The Labute approximate surface area is 162 Å². The van der Waals surface area contributed by atoms with Gasteiger partial charge in [-0.05, 0) is 30.7 Å². The first-order chi connectivity index (χ1) is 12.2. The normalized spacial score (nSPS) is 11.9. The highest BCUT2D eigenvalue weighted by Gasteiger charge is 2.23. The third-order valence-corrected chi connectivity index (χ3v) is 5.09. The summed E-state index contributed by atoms with van der Waals surface area (Å²) in [5.41, 5.74) is 3.91. The molecule has 9 heteroatoms. The van der Waals surface area contributed by atoms with Gasteiger partial charge in [-0.25, -0.2) is 13.8 Å². The molecule has 0 atom stereocenters. The number of hydrogen-bond acceptors (Lipinski definition) is 4. The third kappa shape index (κ3) is 5.45. The Bertz CT molecular complexity index is 932. The number of rotatable bonds is 6. The number of carbonyl (C=O) groups excluding carboxylic acids is 1. The molecule has 0 saturated carbocycles. The molecular formula is C17H17Cl2N3O3S. The van der Waals surface area contributed by atoms with Crippen LogP contribution < -0.4 is 9.73 Å². The highest BCUT2D eigenvalue weighted by Crippen LogP contribution is 2.30. The lowest BCUT2D eigenvalue weighted by Crippen LogP contribution is -2.39. The summed E-state index contributed by atoms with van der Waals surface area (Å²) >= 11 is 12.0. The molecule has 0 aliphatic heterocycles. The van der Waals surface area contributed by atoms with Gasteiger partial charge in [-0.3, -0.25) is 9.10 Å². The number of amides is 1. The maximum atomic E-state index is 12.2. The van der Waals surface area contributed by atoms with Gasteiger partial charge in [0.15, 0.2) is 0 Å². The van der Waals surface area contributed by atoms with Crippen molar-refractivity contribution < 1.29 is 13.2 Å². The van der Waals surface area contributed by atoms with Gasteiger partial charge in [0.05, 0.1) is 22.7 Å². The Balaban J connectivity index is 2.19. The van der Waals surface area contributed by atoms with Gasteiger partial charge >= 0.3 is 0 Å². The van der Waals surface area contributed by atoms with Crippen LogP contribution in [0.15, 0.2) is 53.6 Å².